The predicted octanol–water partition coefficient (Wildman–Crippen LogP) is 5.92. The minimum Gasteiger partial charge on any atom is -0.372 e. The molecule has 1 fully saturated rings. The number of hydrogen-bond donors (Lipinski definition) is 1. The number of carbonyl (C=O) groups excluding carboxylic acids is 1. The summed E-state index contributed by atoms with van der Waals surface area (Å²) in [6.45, 7) is 9.26. The molecule has 0 saturated carbocycles. The van der Waals surface area contributed by atoms with E-state index in [0.29, 0.717) is 25.4 Å². The number of anilines is 1. The van der Waals surface area contributed by atoms with E-state index in [4.69, 9.17) is 0 Å². The normalized spacial score (nSPS) is 17.1. The molecule has 2 aliphatic rings. The van der Waals surface area contributed by atoms with Crippen LogP contribution in [0.15, 0.2) is 67.4 Å². The predicted molar refractivity (Wildman–Crippen MR) is 155 cm³/mol. The molecule has 1 N–H and O–H groups in total. The van der Waals surface area contributed by atoms with Gasteiger partial charge in [0.15, 0.2) is 0 Å². The van der Waals surface area contributed by atoms with Gasteiger partial charge in [-0.3, -0.25) is 9.48 Å². The van der Waals surface area contributed by atoms with Crippen LogP contribution in [0.4, 0.5) is 10.1 Å². The van der Waals surface area contributed by atoms with E-state index in [1.807, 2.05) is 35.7 Å². The lowest BCUT2D eigenvalue weighted by Crippen LogP contribution is -2.36. The molecular formula is C32H37FN6O. The van der Waals surface area contributed by atoms with E-state index >= 15 is 0 Å². The first-order chi connectivity index (χ1) is 19.3. The second kappa shape index (κ2) is 10.6. The number of fused-ring (bicyclic) bond motifs is 3. The Morgan fingerprint density at radius 1 is 1.05 bits per heavy atom. The lowest BCUT2D eigenvalue weighted by Gasteiger charge is -2.37. The molecule has 0 spiro atoms. The van der Waals surface area contributed by atoms with Crippen LogP contribution in [0.3, 0.4) is 0 Å². The molecule has 2 aromatic carbocycles. The number of rotatable bonds is 7. The number of amides is 1. The second-order valence-corrected chi connectivity index (χ2v) is 12.3. The van der Waals surface area contributed by atoms with Gasteiger partial charge in [0.1, 0.15) is 5.82 Å². The average molecular weight is 541 g/mol. The van der Waals surface area contributed by atoms with E-state index < -0.39 is 0 Å². The van der Waals surface area contributed by atoms with Gasteiger partial charge in [-0.2, -0.15) is 5.10 Å². The Labute approximate surface area is 235 Å². The highest BCUT2D eigenvalue weighted by atomic mass is 19.1. The number of imidazole rings is 1. The maximum Gasteiger partial charge on any atom is 0.220 e. The van der Waals surface area contributed by atoms with Gasteiger partial charge in [0.25, 0.3) is 0 Å². The molecule has 6 rings (SSSR count). The summed E-state index contributed by atoms with van der Waals surface area (Å²) in [5.41, 5.74) is 6.20. The first-order valence-corrected chi connectivity index (χ1v) is 14.2. The third-order valence-corrected chi connectivity index (χ3v) is 8.13. The van der Waals surface area contributed by atoms with Gasteiger partial charge in [-0.15, -0.1) is 0 Å². The van der Waals surface area contributed by atoms with Gasteiger partial charge in [-0.05, 0) is 47.9 Å². The van der Waals surface area contributed by atoms with Crippen molar-refractivity contribution in [2.24, 2.45) is 11.3 Å². The molecule has 2 aliphatic heterocycles. The summed E-state index contributed by atoms with van der Waals surface area (Å²) in [6, 6.07) is 14.1. The molecule has 4 aromatic rings. The molecule has 40 heavy (non-hydrogen) atoms. The summed E-state index contributed by atoms with van der Waals surface area (Å²) >= 11 is 0. The zero-order chi connectivity index (χ0) is 27.9. The Morgan fingerprint density at radius 2 is 1.82 bits per heavy atom. The molecule has 2 aromatic heterocycles. The van der Waals surface area contributed by atoms with E-state index in [1.54, 1.807) is 12.1 Å². The van der Waals surface area contributed by atoms with E-state index in [-0.39, 0.29) is 23.2 Å². The molecule has 208 valence electrons. The number of aromatic nitrogens is 4. The molecular weight excluding hydrogens is 503 g/mol. The van der Waals surface area contributed by atoms with Crippen molar-refractivity contribution in [2.75, 3.05) is 24.5 Å². The van der Waals surface area contributed by atoms with E-state index in [9.17, 15) is 9.18 Å². The number of nitrogens with zero attached hydrogens (tertiary/aromatic N) is 5. The molecule has 4 heterocycles. The van der Waals surface area contributed by atoms with Crippen molar-refractivity contribution in [1.29, 1.82) is 0 Å². The molecule has 1 saturated heterocycles. The Hall–Kier alpha value is -3.94. The van der Waals surface area contributed by atoms with Crippen molar-refractivity contribution < 1.29 is 9.18 Å². The number of carbonyl (C=O) groups is 1. The minimum atomic E-state index is -0.113. The van der Waals surface area contributed by atoms with Crippen LogP contribution in [0, 0.1) is 17.2 Å². The first kappa shape index (κ1) is 26.3. The van der Waals surface area contributed by atoms with Crippen LogP contribution in [0.1, 0.15) is 51.6 Å². The molecule has 1 amide bonds. The summed E-state index contributed by atoms with van der Waals surface area (Å²) in [6.07, 6.45) is 10.1. The topological polar surface area (TPSA) is 68.0 Å². The smallest absolute Gasteiger partial charge is 0.220 e. The fourth-order valence-corrected chi connectivity index (χ4v) is 6.22. The third kappa shape index (κ3) is 5.27. The first-order valence-electron chi connectivity index (χ1n) is 14.2. The van der Waals surface area contributed by atoms with E-state index in [2.05, 4.69) is 69.9 Å². The monoisotopic (exact) mass is 540 g/mol. The van der Waals surface area contributed by atoms with E-state index in [1.165, 1.54) is 5.69 Å². The van der Waals surface area contributed by atoms with Crippen molar-refractivity contribution in [3.05, 3.63) is 78.8 Å². The fraction of sp³-hybridized carbons (Fsp3) is 0.406. The Kier molecular flexibility index (Phi) is 6.94. The maximum absolute atomic E-state index is 14.9. The van der Waals surface area contributed by atoms with Crippen molar-refractivity contribution in [3.8, 4) is 22.4 Å². The second-order valence-electron chi connectivity index (χ2n) is 12.3. The van der Waals surface area contributed by atoms with Crippen LogP contribution in [-0.4, -0.2) is 44.9 Å². The largest absolute Gasteiger partial charge is 0.372 e. The van der Waals surface area contributed by atoms with Crippen LogP contribution < -0.4 is 10.2 Å². The lowest BCUT2D eigenvalue weighted by atomic mass is 9.85. The van der Waals surface area contributed by atoms with Gasteiger partial charge in [0.05, 0.1) is 37.0 Å². The summed E-state index contributed by atoms with van der Waals surface area (Å²) < 4.78 is 19.0. The average Bonchev–Trinajstić information content (AvgIpc) is 3.65. The molecule has 1 unspecified atom stereocenters. The zero-order valence-electron chi connectivity index (χ0n) is 23.5. The van der Waals surface area contributed by atoms with Crippen LogP contribution in [0.25, 0.3) is 22.4 Å². The van der Waals surface area contributed by atoms with Gasteiger partial charge in [0, 0.05) is 54.6 Å². The van der Waals surface area contributed by atoms with Crippen molar-refractivity contribution >= 4 is 11.6 Å². The highest BCUT2D eigenvalue weighted by Crippen LogP contribution is 2.47. The number of piperidine rings is 1. The summed E-state index contributed by atoms with van der Waals surface area (Å²) in [5.74, 6) is 0.328. The fourth-order valence-electron chi connectivity index (χ4n) is 6.22. The molecule has 1 atom stereocenters. The maximum atomic E-state index is 14.9. The van der Waals surface area contributed by atoms with Crippen molar-refractivity contribution in [1.82, 2.24) is 24.6 Å². The standard InChI is InChI=1S/C32H37FN6O/c1-32(2,3)17-29(40)35-13-16-38-20-24(18-36-38)22-7-9-25(10-8-22)37-14-11-23(12-15-37)31-30-26(5-4-6-27(30)33)28-19-34-21-39(28)31/h4-10,18-21,23,31H,11-17H2,1-3H3,(H,35,40). The summed E-state index contributed by atoms with van der Waals surface area (Å²) in [5, 5.41) is 7.46. The minimum absolute atomic E-state index is 0.0153. The van der Waals surface area contributed by atoms with Gasteiger partial charge < -0.3 is 14.8 Å². The number of halogens is 1. The third-order valence-electron chi connectivity index (χ3n) is 8.13. The van der Waals surface area contributed by atoms with Crippen LogP contribution >= 0.6 is 0 Å². The molecule has 0 bridgehead atoms. The van der Waals surface area contributed by atoms with Crippen LogP contribution in [-0.2, 0) is 11.3 Å². The lowest BCUT2D eigenvalue weighted by molar-refractivity contribution is -0.122. The number of nitrogens with one attached hydrogen (secondary N) is 1. The highest BCUT2D eigenvalue weighted by molar-refractivity contribution is 5.76. The molecule has 0 aliphatic carbocycles. The van der Waals surface area contributed by atoms with Gasteiger partial charge >= 0.3 is 0 Å². The van der Waals surface area contributed by atoms with Crippen molar-refractivity contribution in [2.45, 2.75) is 52.6 Å². The quantitative estimate of drug-likeness (QED) is 0.316. The molecule has 0 radical (unpaired) electrons. The number of hydrogen-bond acceptors (Lipinski definition) is 4. The Balaban J connectivity index is 1.05. The SMILES string of the molecule is CC(C)(C)CC(=O)NCCn1cc(-c2ccc(N3CCC(C4c5c(F)cccc5-c5cncn54)CC3)cc2)cn1. The van der Waals surface area contributed by atoms with Crippen LogP contribution in [0.5, 0.6) is 0 Å². The zero-order valence-corrected chi connectivity index (χ0v) is 23.5. The molecule has 7 nitrogen and oxygen atoms in total. The molecule has 8 heteroatoms. The number of benzene rings is 2. The van der Waals surface area contributed by atoms with E-state index in [0.717, 1.165) is 53.9 Å². The van der Waals surface area contributed by atoms with Crippen LogP contribution in [0.2, 0.25) is 0 Å². The Morgan fingerprint density at radius 3 is 2.58 bits per heavy atom. The van der Waals surface area contributed by atoms with Gasteiger partial charge in [-0.1, -0.05) is 45.0 Å². The van der Waals surface area contributed by atoms with Crippen molar-refractivity contribution in [3.63, 3.8) is 0 Å². The summed E-state index contributed by atoms with van der Waals surface area (Å²) in [7, 11) is 0. The van der Waals surface area contributed by atoms with Gasteiger partial charge in [0.2, 0.25) is 5.91 Å². The van der Waals surface area contributed by atoms with Gasteiger partial charge in [-0.25, -0.2) is 9.37 Å². The summed E-state index contributed by atoms with van der Waals surface area (Å²) in [4.78, 5) is 18.8. The Bertz CT molecular complexity index is 1490. The highest BCUT2D eigenvalue weighted by Gasteiger charge is 2.38.